The number of hydrazone groups is 1. The summed E-state index contributed by atoms with van der Waals surface area (Å²) in [5, 5.41) is 20.3. The predicted octanol–water partition coefficient (Wildman–Crippen LogP) is 0.972. The molecule has 2 aromatic heterocycles. The first-order valence-electron chi connectivity index (χ1n) is 9.52. The van der Waals surface area contributed by atoms with Crippen LogP contribution in [-0.2, 0) is 11.8 Å². The molecule has 160 valence electrons. The monoisotopic (exact) mass is 424 g/mol. The summed E-state index contributed by atoms with van der Waals surface area (Å²) in [6.45, 7) is 2.38. The number of aromatic nitrogens is 4. The Labute approximate surface area is 175 Å². The quantitative estimate of drug-likeness (QED) is 0.475. The van der Waals surface area contributed by atoms with Crippen molar-refractivity contribution < 1.29 is 14.7 Å². The molecule has 0 saturated carbocycles. The maximum absolute atomic E-state index is 12.1. The number of hydrogen-bond donors (Lipinski definition) is 4. The third kappa shape index (κ3) is 3.95. The van der Waals surface area contributed by atoms with E-state index in [9.17, 15) is 19.5 Å². The largest absolute Gasteiger partial charge is 0.481 e. The van der Waals surface area contributed by atoms with Crippen LogP contribution in [0.3, 0.4) is 0 Å². The van der Waals surface area contributed by atoms with Gasteiger partial charge in [-0.25, -0.2) is 14.8 Å². The molecule has 0 fully saturated rings. The number of H-pyrrole nitrogens is 1. The zero-order chi connectivity index (χ0) is 22.1. The Bertz CT molecular complexity index is 1260. The molecule has 1 aliphatic rings. The van der Waals surface area contributed by atoms with Crippen molar-refractivity contribution in [3.05, 3.63) is 34.9 Å². The number of amides is 2. The van der Waals surface area contributed by atoms with Crippen LogP contribution in [-0.4, -0.2) is 55.9 Å². The van der Waals surface area contributed by atoms with E-state index in [2.05, 4.69) is 30.7 Å². The van der Waals surface area contributed by atoms with Gasteiger partial charge in [0.05, 0.1) is 35.3 Å². The molecule has 3 aromatic rings. The van der Waals surface area contributed by atoms with E-state index in [-0.39, 0.29) is 18.1 Å². The summed E-state index contributed by atoms with van der Waals surface area (Å²) in [5.74, 6) is -1.51. The van der Waals surface area contributed by atoms with Gasteiger partial charge in [0.1, 0.15) is 5.92 Å². The lowest BCUT2D eigenvalue weighted by Gasteiger charge is -2.17. The number of urea groups is 1. The molecule has 0 radical (unpaired) electrons. The van der Waals surface area contributed by atoms with Crippen LogP contribution in [0.1, 0.15) is 6.92 Å². The third-order valence-electron chi connectivity index (χ3n) is 4.77. The number of imidazole rings is 1. The molecule has 31 heavy (non-hydrogen) atoms. The van der Waals surface area contributed by atoms with E-state index in [0.29, 0.717) is 34.5 Å². The van der Waals surface area contributed by atoms with Crippen molar-refractivity contribution in [2.45, 2.75) is 6.92 Å². The first-order valence-corrected chi connectivity index (χ1v) is 9.52. The van der Waals surface area contributed by atoms with Gasteiger partial charge in [0.2, 0.25) is 5.95 Å². The van der Waals surface area contributed by atoms with Crippen LogP contribution >= 0.6 is 0 Å². The lowest BCUT2D eigenvalue weighted by atomic mass is 10.1. The zero-order valence-corrected chi connectivity index (χ0v) is 16.8. The summed E-state index contributed by atoms with van der Waals surface area (Å²) >= 11 is 0. The average molecular weight is 424 g/mol. The van der Waals surface area contributed by atoms with Crippen molar-refractivity contribution in [1.82, 2.24) is 24.8 Å². The number of carboxylic acids is 1. The molecule has 0 aliphatic carbocycles. The SMILES string of the molecule is CCNC(=O)Nc1nc2cc(-c3cc(=O)n(C)cn3)cc(N3CC(C(=O)O)C=N3)c2[nH]1. The molecule has 1 unspecified atom stereocenters. The van der Waals surface area contributed by atoms with Crippen molar-refractivity contribution >= 4 is 40.9 Å². The smallest absolute Gasteiger partial charge is 0.321 e. The van der Waals surface area contributed by atoms with Gasteiger partial charge in [0.25, 0.3) is 5.56 Å². The number of nitrogens with one attached hydrogen (secondary N) is 3. The Balaban J connectivity index is 1.81. The van der Waals surface area contributed by atoms with Gasteiger partial charge < -0.3 is 20.0 Å². The fraction of sp³-hybridized carbons (Fsp3) is 0.263. The Morgan fingerprint density at radius 1 is 1.32 bits per heavy atom. The van der Waals surface area contributed by atoms with Crippen LogP contribution in [0.25, 0.3) is 22.3 Å². The van der Waals surface area contributed by atoms with Crippen molar-refractivity contribution in [3.8, 4) is 11.3 Å². The number of carbonyl (C=O) groups is 2. The fourth-order valence-corrected chi connectivity index (χ4v) is 3.18. The van der Waals surface area contributed by atoms with Crippen molar-refractivity contribution in [3.63, 3.8) is 0 Å². The van der Waals surface area contributed by atoms with Crippen LogP contribution < -0.4 is 21.2 Å². The minimum absolute atomic E-state index is 0.135. The second-order valence-corrected chi connectivity index (χ2v) is 6.97. The van der Waals surface area contributed by atoms with E-state index < -0.39 is 17.9 Å². The number of carbonyl (C=O) groups excluding carboxylic acids is 1. The molecule has 2 amide bonds. The fourth-order valence-electron chi connectivity index (χ4n) is 3.18. The van der Waals surface area contributed by atoms with Crippen molar-refractivity contribution in [2.75, 3.05) is 23.4 Å². The summed E-state index contributed by atoms with van der Waals surface area (Å²) in [5.41, 5.74) is 2.41. The maximum Gasteiger partial charge on any atom is 0.321 e. The van der Waals surface area contributed by atoms with Crippen LogP contribution in [0.2, 0.25) is 0 Å². The van der Waals surface area contributed by atoms with Crippen LogP contribution in [0.5, 0.6) is 0 Å². The number of anilines is 2. The maximum atomic E-state index is 12.1. The summed E-state index contributed by atoms with van der Waals surface area (Å²) in [7, 11) is 1.60. The highest BCUT2D eigenvalue weighted by atomic mass is 16.4. The number of hydrogen-bond acceptors (Lipinski definition) is 7. The van der Waals surface area contributed by atoms with E-state index in [1.165, 1.54) is 23.2 Å². The molecule has 0 saturated heterocycles. The Hall–Kier alpha value is -4.22. The van der Waals surface area contributed by atoms with E-state index in [0.717, 1.165) is 0 Å². The zero-order valence-electron chi connectivity index (χ0n) is 16.8. The topological polar surface area (TPSA) is 158 Å². The average Bonchev–Trinajstić information content (AvgIpc) is 3.36. The molecular weight excluding hydrogens is 404 g/mol. The van der Waals surface area contributed by atoms with E-state index in [4.69, 9.17) is 0 Å². The number of carboxylic acid groups (broad SMARTS) is 1. The second kappa shape index (κ2) is 7.89. The van der Waals surface area contributed by atoms with Crippen molar-refractivity contribution in [1.29, 1.82) is 0 Å². The first kappa shape index (κ1) is 20.1. The van der Waals surface area contributed by atoms with Gasteiger partial charge in [-0.3, -0.25) is 19.9 Å². The molecule has 1 aliphatic heterocycles. The Morgan fingerprint density at radius 3 is 2.81 bits per heavy atom. The molecule has 0 bridgehead atoms. The van der Waals surface area contributed by atoms with Gasteiger partial charge in [-0.15, -0.1) is 0 Å². The highest BCUT2D eigenvalue weighted by Crippen LogP contribution is 2.33. The van der Waals surface area contributed by atoms with Crippen molar-refractivity contribution in [2.24, 2.45) is 18.1 Å². The number of benzene rings is 1. The molecule has 0 spiro atoms. The van der Waals surface area contributed by atoms with Gasteiger partial charge in [-0.2, -0.15) is 5.10 Å². The lowest BCUT2D eigenvalue weighted by molar-refractivity contribution is -0.138. The summed E-state index contributed by atoms with van der Waals surface area (Å²) in [6.07, 6.45) is 2.78. The predicted molar refractivity (Wildman–Crippen MR) is 114 cm³/mol. The lowest BCUT2D eigenvalue weighted by Crippen LogP contribution is -2.28. The highest BCUT2D eigenvalue weighted by molar-refractivity contribution is 5.98. The summed E-state index contributed by atoms with van der Waals surface area (Å²) in [6, 6.07) is 4.47. The van der Waals surface area contributed by atoms with Gasteiger partial charge in [0, 0.05) is 31.4 Å². The minimum atomic E-state index is -0.977. The molecule has 1 aromatic carbocycles. The number of aromatic amines is 1. The third-order valence-corrected chi connectivity index (χ3v) is 4.77. The van der Waals surface area contributed by atoms with E-state index in [1.807, 2.05) is 0 Å². The number of fused-ring (bicyclic) bond motifs is 1. The molecular formula is C19H20N8O4. The van der Waals surface area contributed by atoms with E-state index in [1.54, 1.807) is 31.1 Å². The number of nitrogens with zero attached hydrogens (tertiary/aromatic N) is 5. The number of aliphatic carboxylic acids is 1. The van der Waals surface area contributed by atoms with Gasteiger partial charge in [0.15, 0.2) is 0 Å². The molecule has 4 N–H and O–H groups in total. The van der Waals surface area contributed by atoms with Crippen LogP contribution in [0.4, 0.5) is 16.4 Å². The molecule has 3 heterocycles. The van der Waals surface area contributed by atoms with Gasteiger partial charge >= 0.3 is 12.0 Å². The summed E-state index contributed by atoms with van der Waals surface area (Å²) in [4.78, 5) is 47.1. The molecule has 1 atom stereocenters. The van der Waals surface area contributed by atoms with Crippen LogP contribution in [0.15, 0.2) is 34.4 Å². The highest BCUT2D eigenvalue weighted by Gasteiger charge is 2.27. The second-order valence-electron chi connectivity index (χ2n) is 6.97. The van der Waals surface area contributed by atoms with Crippen LogP contribution in [0, 0.1) is 5.92 Å². The molecule has 12 heteroatoms. The molecule has 12 nitrogen and oxygen atoms in total. The minimum Gasteiger partial charge on any atom is -0.481 e. The molecule has 4 rings (SSSR count). The van der Waals surface area contributed by atoms with Gasteiger partial charge in [-0.05, 0) is 19.1 Å². The normalized spacial score (nSPS) is 15.4. The standard InChI is InChI=1S/C19H20N8O4/c1-3-20-19(31)25-18-23-13-4-10(12-6-15(28)26(2)9-21-12)5-14(16(13)24-18)27-8-11(7-22-27)17(29)30/h4-7,9,11H,3,8H2,1-2H3,(H,29,30)(H3,20,23,24,25,31). The van der Waals surface area contributed by atoms with Gasteiger partial charge in [-0.1, -0.05) is 0 Å². The summed E-state index contributed by atoms with van der Waals surface area (Å²) < 4.78 is 1.36. The Morgan fingerprint density at radius 2 is 2.13 bits per heavy atom. The van der Waals surface area contributed by atoms with E-state index >= 15 is 0 Å². The first-order chi connectivity index (χ1) is 14.9. The number of rotatable bonds is 5. The Kier molecular flexibility index (Phi) is 5.11. The number of aryl methyl sites for hydroxylation is 1.